The second-order valence-electron chi connectivity index (χ2n) is 8.94. The van der Waals surface area contributed by atoms with Crippen LogP contribution in [0.5, 0.6) is 0 Å². The average molecular weight is 465 g/mol. The average Bonchev–Trinajstić information content (AvgIpc) is 2.88. The van der Waals surface area contributed by atoms with Gasteiger partial charge in [-0.2, -0.15) is 0 Å². The number of benzene rings is 2. The molecule has 3 amide bonds. The predicted octanol–water partition coefficient (Wildman–Crippen LogP) is 3.08. The second kappa shape index (κ2) is 11.2. The summed E-state index contributed by atoms with van der Waals surface area (Å²) in [5, 5.41) is 5.91. The highest BCUT2D eigenvalue weighted by molar-refractivity contribution is 5.97. The molecule has 0 unspecified atom stereocenters. The van der Waals surface area contributed by atoms with Gasteiger partial charge in [0.15, 0.2) is 0 Å². The number of piperidine rings is 1. The van der Waals surface area contributed by atoms with Gasteiger partial charge in [0.05, 0.1) is 19.8 Å². The van der Waals surface area contributed by atoms with Crippen molar-refractivity contribution in [3.63, 3.8) is 0 Å². The van der Waals surface area contributed by atoms with E-state index in [0.717, 1.165) is 31.6 Å². The molecule has 2 aromatic rings. The number of carbonyl (C=O) groups is 3. The molecule has 2 N–H and O–H groups in total. The summed E-state index contributed by atoms with van der Waals surface area (Å²) in [5.74, 6) is 0.509. The molecule has 8 heteroatoms. The summed E-state index contributed by atoms with van der Waals surface area (Å²) >= 11 is 0. The lowest BCUT2D eigenvalue weighted by molar-refractivity contribution is -0.114. The fraction of sp³-hybridized carbons (Fsp3) is 0.423. The normalized spacial score (nSPS) is 16.7. The third kappa shape index (κ3) is 6.14. The van der Waals surface area contributed by atoms with Crippen molar-refractivity contribution in [1.29, 1.82) is 0 Å². The lowest BCUT2D eigenvalue weighted by atomic mass is 9.98. The number of nitrogens with zero attached hydrogens (tertiary/aromatic N) is 2. The summed E-state index contributed by atoms with van der Waals surface area (Å²) in [6.45, 7) is 6.24. The van der Waals surface area contributed by atoms with Gasteiger partial charge in [0.2, 0.25) is 5.91 Å². The van der Waals surface area contributed by atoms with Gasteiger partial charge in [-0.05, 0) is 67.3 Å². The van der Waals surface area contributed by atoms with Gasteiger partial charge in [0.25, 0.3) is 11.8 Å². The van der Waals surface area contributed by atoms with Crippen LogP contribution in [0.4, 0.5) is 11.4 Å². The molecule has 2 aromatic carbocycles. The van der Waals surface area contributed by atoms with Gasteiger partial charge in [-0.15, -0.1) is 0 Å². The molecule has 8 nitrogen and oxygen atoms in total. The van der Waals surface area contributed by atoms with Gasteiger partial charge in [-0.1, -0.05) is 6.92 Å². The van der Waals surface area contributed by atoms with Crippen molar-refractivity contribution in [3.8, 4) is 0 Å². The third-order valence-electron chi connectivity index (χ3n) is 6.37. The van der Waals surface area contributed by atoms with Crippen LogP contribution in [0.3, 0.4) is 0 Å². The molecular weight excluding hydrogens is 432 g/mol. The summed E-state index contributed by atoms with van der Waals surface area (Å²) in [4.78, 5) is 41.2. The monoisotopic (exact) mass is 464 g/mol. The first-order chi connectivity index (χ1) is 16.5. The molecule has 2 aliphatic heterocycles. The molecule has 0 bridgehead atoms. The van der Waals surface area contributed by atoms with E-state index in [0.29, 0.717) is 49.0 Å². The Morgan fingerprint density at radius 3 is 1.85 bits per heavy atom. The standard InChI is InChI=1S/C26H32N4O4/c1-19-10-12-29(13-11-19)25(32)21-4-8-23(9-5-21)28-24(31)18-27-22-6-2-20(3-7-22)26(33)30-14-16-34-17-15-30/h2-9,19,27H,10-18H2,1H3,(H,28,31). The van der Waals surface area contributed by atoms with Crippen LogP contribution in [0.15, 0.2) is 48.5 Å². The van der Waals surface area contributed by atoms with Gasteiger partial charge in [0, 0.05) is 48.7 Å². The third-order valence-corrected chi connectivity index (χ3v) is 6.37. The summed E-state index contributed by atoms with van der Waals surface area (Å²) < 4.78 is 5.29. The Morgan fingerprint density at radius 1 is 0.794 bits per heavy atom. The molecule has 0 spiro atoms. The Labute approximate surface area is 200 Å². The summed E-state index contributed by atoms with van der Waals surface area (Å²) in [5.41, 5.74) is 2.65. The number of likely N-dealkylation sites (tertiary alicyclic amines) is 1. The molecule has 2 heterocycles. The number of hydrogen-bond acceptors (Lipinski definition) is 5. The lowest BCUT2D eigenvalue weighted by Crippen LogP contribution is -2.40. The van der Waals surface area contributed by atoms with Crippen molar-refractivity contribution in [1.82, 2.24) is 9.80 Å². The van der Waals surface area contributed by atoms with Crippen LogP contribution in [0.25, 0.3) is 0 Å². The molecule has 4 rings (SSSR count). The number of nitrogens with one attached hydrogen (secondary N) is 2. The highest BCUT2D eigenvalue weighted by Gasteiger charge is 2.21. The Balaban J connectivity index is 1.23. The minimum atomic E-state index is -0.197. The largest absolute Gasteiger partial charge is 0.378 e. The van der Waals surface area contributed by atoms with E-state index < -0.39 is 0 Å². The quantitative estimate of drug-likeness (QED) is 0.686. The van der Waals surface area contributed by atoms with Crippen LogP contribution in [-0.4, -0.2) is 73.5 Å². The van der Waals surface area contributed by atoms with Crippen molar-refractivity contribution in [3.05, 3.63) is 59.7 Å². The Morgan fingerprint density at radius 2 is 1.29 bits per heavy atom. The van der Waals surface area contributed by atoms with Gasteiger partial charge in [-0.25, -0.2) is 0 Å². The van der Waals surface area contributed by atoms with Crippen LogP contribution < -0.4 is 10.6 Å². The van der Waals surface area contributed by atoms with Crippen molar-refractivity contribution in [2.75, 3.05) is 56.6 Å². The van der Waals surface area contributed by atoms with Gasteiger partial charge >= 0.3 is 0 Å². The van der Waals surface area contributed by atoms with Crippen molar-refractivity contribution in [2.24, 2.45) is 5.92 Å². The lowest BCUT2D eigenvalue weighted by Gasteiger charge is -2.30. The van der Waals surface area contributed by atoms with Crippen LogP contribution in [0.1, 0.15) is 40.5 Å². The molecule has 2 saturated heterocycles. The highest BCUT2D eigenvalue weighted by Crippen LogP contribution is 2.19. The summed E-state index contributed by atoms with van der Waals surface area (Å²) in [7, 11) is 0. The molecule has 0 saturated carbocycles. The Kier molecular flexibility index (Phi) is 7.80. The Hall–Kier alpha value is -3.39. The first-order valence-electron chi connectivity index (χ1n) is 11.9. The first kappa shape index (κ1) is 23.8. The molecule has 2 aliphatic rings. The molecule has 0 aromatic heterocycles. The number of morpholine rings is 1. The van der Waals surface area contributed by atoms with E-state index in [1.54, 1.807) is 53.4 Å². The van der Waals surface area contributed by atoms with E-state index in [1.807, 2.05) is 4.90 Å². The minimum Gasteiger partial charge on any atom is -0.378 e. The SMILES string of the molecule is CC1CCN(C(=O)c2ccc(NC(=O)CNc3ccc(C(=O)N4CCOCC4)cc3)cc2)CC1. The highest BCUT2D eigenvalue weighted by atomic mass is 16.5. The maximum atomic E-state index is 12.7. The van der Waals surface area contributed by atoms with E-state index in [-0.39, 0.29) is 24.3 Å². The molecular formula is C26H32N4O4. The smallest absolute Gasteiger partial charge is 0.254 e. The second-order valence-corrected chi connectivity index (χ2v) is 8.94. The molecule has 180 valence electrons. The zero-order valence-electron chi connectivity index (χ0n) is 19.6. The molecule has 0 atom stereocenters. The van der Waals surface area contributed by atoms with Crippen molar-refractivity contribution < 1.29 is 19.1 Å². The maximum Gasteiger partial charge on any atom is 0.254 e. The summed E-state index contributed by atoms with van der Waals surface area (Å²) in [6.07, 6.45) is 2.08. The number of ether oxygens (including phenoxy) is 1. The Bertz CT molecular complexity index is 992. The number of rotatable bonds is 6. The van der Waals surface area contributed by atoms with E-state index in [2.05, 4.69) is 17.6 Å². The van der Waals surface area contributed by atoms with Crippen LogP contribution in [0.2, 0.25) is 0 Å². The van der Waals surface area contributed by atoms with E-state index in [9.17, 15) is 14.4 Å². The van der Waals surface area contributed by atoms with Crippen molar-refractivity contribution >= 4 is 29.1 Å². The number of amides is 3. The number of carbonyl (C=O) groups excluding carboxylic acids is 3. The topological polar surface area (TPSA) is 91.0 Å². The predicted molar refractivity (Wildman–Crippen MR) is 131 cm³/mol. The molecule has 2 fully saturated rings. The van der Waals surface area contributed by atoms with Crippen LogP contribution in [0, 0.1) is 5.92 Å². The molecule has 34 heavy (non-hydrogen) atoms. The fourth-order valence-corrected chi connectivity index (χ4v) is 4.16. The number of hydrogen-bond donors (Lipinski definition) is 2. The minimum absolute atomic E-state index is 0.00985. The van der Waals surface area contributed by atoms with Crippen molar-refractivity contribution in [2.45, 2.75) is 19.8 Å². The maximum absolute atomic E-state index is 12.7. The molecule has 0 radical (unpaired) electrons. The van der Waals surface area contributed by atoms with Crippen LogP contribution in [-0.2, 0) is 9.53 Å². The van der Waals surface area contributed by atoms with Gasteiger partial charge < -0.3 is 25.2 Å². The first-order valence-corrected chi connectivity index (χ1v) is 11.9. The van der Waals surface area contributed by atoms with E-state index in [1.165, 1.54) is 0 Å². The van der Waals surface area contributed by atoms with Gasteiger partial charge in [0.1, 0.15) is 0 Å². The fourth-order valence-electron chi connectivity index (χ4n) is 4.16. The van der Waals surface area contributed by atoms with E-state index >= 15 is 0 Å². The summed E-state index contributed by atoms with van der Waals surface area (Å²) in [6, 6.07) is 14.1. The van der Waals surface area contributed by atoms with E-state index in [4.69, 9.17) is 4.74 Å². The molecule has 0 aliphatic carbocycles. The number of anilines is 2. The van der Waals surface area contributed by atoms with Crippen LogP contribution >= 0.6 is 0 Å². The van der Waals surface area contributed by atoms with Gasteiger partial charge in [-0.3, -0.25) is 14.4 Å². The zero-order chi connectivity index (χ0) is 23.9. The zero-order valence-corrected chi connectivity index (χ0v) is 19.6.